The molecule has 7 N–H and O–H groups in total. The molecule has 11 nitrogen and oxygen atoms in total. The van der Waals surface area contributed by atoms with Gasteiger partial charge < -0.3 is 26.1 Å². The van der Waals surface area contributed by atoms with E-state index in [1.165, 1.54) is 30.6 Å². The molecular formula is C24H31N5O6S2. The topological polar surface area (TPSA) is 186 Å². The highest BCUT2D eigenvalue weighted by Gasteiger charge is 2.26. The largest absolute Gasteiger partial charge is 0.731 e. The van der Waals surface area contributed by atoms with Gasteiger partial charge >= 0.3 is 6.09 Å². The number of carbonyl (C=O) groups is 2. The second-order valence-electron chi connectivity index (χ2n) is 7.93. The molecule has 2 atom stereocenters. The molecular weight excluding hydrogens is 518 g/mol. The Morgan fingerprint density at radius 2 is 1.68 bits per heavy atom. The number of thiazole rings is 1. The van der Waals surface area contributed by atoms with Crippen LogP contribution in [0.15, 0.2) is 60.0 Å². The van der Waals surface area contributed by atoms with Crippen LogP contribution in [0.1, 0.15) is 34.8 Å². The third kappa shape index (κ3) is 9.46. The summed E-state index contributed by atoms with van der Waals surface area (Å²) < 4.78 is 39.4. The summed E-state index contributed by atoms with van der Waals surface area (Å²) in [5.41, 5.74) is 2.68. The molecule has 0 spiro atoms. The van der Waals surface area contributed by atoms with E-state index in [9.17, 15) is 22.6 Å². The molecule has 0 aliphatic carbocycles. The third-order valence-electron chi connectivity index (χ3n) is 5.26. The molecule has 0 aliphatic heterocycles. The van der Waals surface area contributed by atoms with Crippen molar-refractivity contribution < 1.29 is 27.3 Å². The summed E-state index contributed by atoms with van der Waals surface area (Å²) >= 11 is 1.42. The lowest BCUT2D eigenvalue weighted by Crippen LogP contribution is -2.49. The first kappa shape index (κ1) is 29.7. The number of quaternary nitrogens is 1. The van der Waals surface area contributed by atoms with Crippen molar-refractivity contribution in [1.29, 1.82) is 0 Å². The van der Waals surface area contributed by atoms with Crippen LogP contribution in [0.3, 0.4) is 0 Å². The number of rotatable bonds is 11. The van der Waals surface area contributed by atoms with Crippen molar-refractivity contribution in [2.75, 3.05) is 11.8 Å². The van der Waals surface area contributed by atoms with E-state index in [2.05, 4.69) is 15.6 Å². The van der Waals surface area contributed by atoms with Crippen LogP contribution in [0.5, 0.6) is 0 Å². The number of alkyl carbamates (subject to hydrolysis) is 1. The number of aromatic nitrogens is 1. The van der Waals surface area contributed by atoms with Crippen molar-refractivity contribution in [3.63, 3.8) is 0 Å². The summed E-state index contributed by atoms with van der Waals surface area (Å²) in [6, 6.07) is 14.2. The van der Waals surface area contributed by atoms with Crippen LogP contribution in [0, 0.1) is 0 Å². The van der Waals surface area contributed by atoms with Crippen LogP contribution in [0.25, 0.3) is 0 Å². The number of hydrogen-bond acceptors (Lipinski definition) is 8. The lowest BCUT2D eigenvalue weighted by Gasteiger charge is -2.22. The molecule has 1 aromatic heterocycles. The molecule has 0 radical (unpaired) electrons. The van der Waals surface area contributed by atoms with Gasteiger partial charge in [0.1, 0.15) is 11.0 Å². The molecule has 0 aliphatic rings. The zero-order valence-corrected chi connectivity index (χ0v) is 22.4. The molecule has 1 heterocycles. The fraction of sp³-hybridized carbons (Fsp3) is 0.292. The van der Waals surface area contributed by atoms with Crippen molar-refractivity contribution >= 4 is 39.3 Å². The Morgan fingerprint density at radius 3 is 2.24 bits per heavy atom. The summed E-state index contributed by atoms with van der Waals surface area (Å²) in [5.74, 6) is -0.404. The summed E-state index contributed by atoms with van der Waals surface area (Å²) in [7, 11) is -3.40. The number of benzene rings is 2. The third-order valence-corrected chi connectivity index (χ3v) is 6.75. The molecule has 37 heavy (non-hydrogen) atoms. The first-order chi connectivity index (χ1) is 17.2. The van der Waals surface area contributed by atoms with Gasteiger partial charge in [-0.3, -0.25) is 9.52 Å². The van der Waals surface area contributed by atoms with Crippen molar-refractivity contribution in [2.45, 2.75) is 38.3 Å². The molecule has 3 aromatic rings. The van der Waals surface area contributed by atoms with Crippen molar-refractivity contribution in [3.8, 4) is 0 Å². The van der Waals surface area contributed by atoms with Gasteiger partial charge in [-0.2, -0.15) is 0 Å². The van der Waals surface area contributed by atoms with Crippen LogP contribution in [-0.2, 0) is 39.1 Å². The summed E-state index contributed by atoms with van der Waals surface area (Å²) in [6.07, 6.45) is 0.628. The van der Waals surface area contributed by atoms with E-state index in [0.29, 0.717) is 11.4 Å². The number of hydrogen-bond donors (Lipinski definition) is 4. The minimum absolute atomic E-state index is 0. The van der Waals surface area contributed by atoms with Crippen LogP contribution < -0.4 is 21.5 Å². The number of aryl methyl sites for hydroxylation is 1. The average Bonchev–Trinajstić information content (AvgIpc) is 3.33. The zero-order valence-electron chi connectivity index (χ0n) is 20.8. The highest BCUT2D eigenvalue weighted by Crippen LogP contribution is 2.24. The second kappa shape index (κ2) is 13.7. The molecule has 0 unspecified atom stereocenters. The van der Waals surface area contributed by atoms with Gasteiger partial charge in [0, 0.05) is 17.5 Å². The Hall–Kier alpha value is -3.52. The lowest BCUT2D eigenvalue weighted by atomic mass is 10.0. The maximum Gasteiger partial charge on any atom is 0.407 e. The molecule has 200 valence electrons. The van der Waals surface area contributed by atoms with Crippen molar-refractivity contribution in [1.82, 2.24) is 21.8 Å². The number of nitrogens with one attached hydrogen (secondary N) is 3. The SMILES string of the molecule is CCc1csc([C@H](Cc2ccc(NS(=O)(=O)[O-])cc2)NC(=O)[C@H](Cc2ccccc2)NC(=O)OC)n1.[NH4+]. The summed E-state index contributed by atoms with van der Waals surface area (Å²) in [4.78, 5) is 29.9. The lowest BCUT2D eigenvalue weighted by molar-refractivity contribution is -0.123. The van der Waals surface area contributed by atoms with E-state index in [-0.39, 0.29) is 18.3 Å². The maximum atomic E-state index is 13.3. The molecule has 0 bridgehead atoms. The highest BCUT2D eigenvalue weighted by molar-refractivity contribution is 7.87. The Balaban J connectivity index is 0.00000481. The van der Waals surface area contributed by atoms with Crippen molar-refractivity contribution in [2.24, 2.45) is 0 Å². The Morgan fingerprint density at radius 1 is 1.03 bits per heavy atom. The van der Waals surface area contributed by atoms with Gasteiger partial charge in [0.15, 0.2) is 10.3 Å². The van der Waals surface area contributed by atoms with Gasteiger partial charge in [-0.25, -0.2) is 18.2 Å². The number of amides is 2. The minimum atomic E-state index is -4.63. The van der Waals surface area contributed by atoms with E-state index >= 15 is 0 Å². The van der Waals surface area contributed by atoms with Gasteiger partial charge in [-0.15, -0.1) is 11.3 Å². The van der Waals surface area contributed by atoms with Gasteiger partial charge in [0.2, 0.25) is 5.91 Å². The Kier molecular flexibility index (Phi) is 11.0. The van der Waals surface area contributed by atoms with Gasteiger partial charge in [0.05, 0.1) is 18.8 Å². The monoisotopic (exact) mass is 549 g/mol. The van der Waals surface area contributed by atoms with E-state index in [0.717, 1.165) is 23.2 Å². The smallest absolute Gasteiger partial charge is 0.407 e. The van der Waals surface area contributed by atoms with Crippen LogP contribution in [0.2, 0.25) is 0 Å². The fourth-order valence-corrected chi connectivity index (χ4v) is 4.84. The Labute approximate surface area is 220 Å². The first-order valence-corrected chi connectivity index (χ1v) is 13.4. The molecule has 0 fully saturated rings. The molecule has 3 rings (SSSR count). The molecule has 0 saturated heterocycles. The molecule has 13 heteroatoms. The highest BCUT2D eigenvalue weighted by atomic mass is 32.2. The second-order valence-corrected chi connectivity index (χ2v) is 9.93. The van der Waals surface area contributed by atoms with E-state index in [4.69, 9.17) is 4.74 Å². The summed E-state index contributed by atoms with van der Waals surface area (Å²) in [5, 5.41) is 8.22. The number of carbonyl (C=O) groups excluding carboxylic acids is 2. The van der Waals surface area contributed by atoms with Gasteiger partial charge in [0.25, 0.3) is 0 Å². The maximum absolute atomic E-state index is 13.3. The first-order valence-electron chi connectivity index (χ1n) is 11.1. The van der Waals surface area contributed by atoms with Gasteiger partial charge in [-0.1, -0.05) is 49.4 Å². The van der Waals surface area contributed by atoms with Crippen molar-refractivity contribution in [3.05, 3.63) is 81.8 Å². The predicted octanol–water partition coefficient (Wildman–Crippen LogP) is 3.32. The number of ether oxygens (including phenoxy) is 1. The average molecular weight is 550 g/mol. The molecule has 2 aromatic carbocycles. The number of methoxy groups -OCH3 is 1. The fourth-order valence-electron chi connectivity index (χ4n) is 3.47. The number of nitrogens with zero attached hydrogens (tertiary/aromatic N) is 1. The predicted molar refractivity (Wildman–Crippen MR) is 141 cm³/mol. The van der Waals surface area contributed by atoms with E-state index < -0.39 is 34.4 Å². The molecule has 2 amide bonds. The zero-order chi connectivity index (χ0) is 26.1. The Bertz CT molecular complexity index is 1270. The number of anilines is 1. The van der Waals surface area contributed by atoms with E-state index in [1.54, 1.807) is 12.1 Å². The van der Waals surface area contributed by atoms with Gasteiger partial charge in [-0.05, 0) is 36.1 Å². The van der Waals surface area contributed by atoms with Crippen LogP contribution >= 0.6 is 11.3 Å². The van der Waals surface area contributed by atoms with E-state index in [1.807, 2.05) is 47.4 Å². The quantitative estimate of drug-likeness (QED) is 0.264. The minimum Gasteiger partial charge on any atom is -0.731 e. The van der Waals surface area contributed by atoms with Crippen LogP contribution in [-0.4, -0.2) is 43.1 Å². The molecule has 0 saturated carbocycles. The normalized spacial score (nSPS) is 12.5. The summed E-state index contributed by atoms with van der Waals surface area (Å²) in [6.45, 7) is 1.98. The standard InChI is InChI=1S/C24H28N4O6S2.H3N/c1-3-18-15-35-23(25-18)21(14-17-9-11-19(12-10-17)28-36(31,32)33)26-22(29)20(27-24(30)34-2)13-16-7-5-4-6-8-16;/h4-12,15,20-21,28H,3,13-14H2,1-2H3,(H,26,29)(H,27,30)(H,31,32,33);1H3/t20-,21-;/m0./s1. The van der Waals surface area contributed by atoms with Crippen LogP contribution in [0.4, 0.5) is 10.5 Å².